The Kier molecular flexibility index (Phi) is 7.88. The molecular weight excluding hydrogens is 335 g/mol. The molecule has 2 aromatic rings. The van der Waals surface area contributed by atoms with Crippen LogP contribution in [0.25, 0.3) is 11.1 Å². The van der Waals surface area contributed by atoms with Crippen LogP contribution in [0, 0.1) is 5.82 Å². The van der Waals surface area contributed by atoms with E-state index < -0.39 is 0 Å². The first-order valence-electron chi connectivity index (χ1n) is 8.74. The van der Waals surface area contributed by atoms with Crippen LogP contribution in [0.2, 0.25) is 0 Å². The van der Waals surface area contributed by atoms with Gasteiger partial charge < -0.3 is 18.9 Å². The summed E-state index contributed by atoms with van der Waals surface area (Å²) in [5, 5.41) is 0. The summed E-state index contributed by atoms with van der Waals surface area (Å²) in [6, 6.07) is 10.5. The molecular formula is C21H27FO4. The highest BCUT2D eigenvalue weighted by atomic mass is 19.1. The summed E-state index contributed by atoms with van der Waals surface area (Å²) in [5.74, 6) is 1.33. The standard InChI is InChI=1S/C21H27FO4/c1-15(2)17-13-19(16-5-7-18(22)8-6-16)21(26-12-10-24-4)20(14-17)25-11-9-23-3/h5-8,13-15H,9-12H2,1-4H3. The average Bonchev–Trinajstić information content (AvgIpc) is 2.63. The Bertz CT molecular complexity index is 683. The monoisotopic (exact) mass is 362 g/mol. The molecule has 0 bridgehead atoms. The van der Waals surface area contributed by atoms with Crippen molar-refractivity contribution < 1.29 is 23.3 Å². The number of halogens is 1. The highest BCUT2D eigenvalue weighted by Crippen LogP contribution is 2.41. The second kappa shape index (κ2) is 10.1. The van der Waals surface area contributed by atoms with Gasteiger partial charge in [-0.1, -0.05) is 26.0 Å². The van der Waals surface area contributed by atoms with Crippen LogP contribution in [0.15, 0.2) is 36.4 Å². The number of benzene rings is 2. The molecule has 26 heavy (non-hydrogen) atoms. The van der Waals surface area contributed by atoms with E-state index in [-0.39, 0.29) is 5.82 Å². The third kappa shape index (κ3) is 5.44. The van der Waals surface area contributed by atoms with Crippen molar-refractivity contribution in [1.29, 1.82) is 0 Å². The molecule has 0 saturated carbocycles. The van der Waals surface area contributed by atoms with Crippen molar-refractivity contribution in [3.05, 3.63) is 47.8 Å². The molecule has 0 aliphatic carbocycles. The van der Waals surface area contributed by atoms with Crippen LogP contribution in [-0.4, -0.2) is 40.6 Å². The molecule has 0 aliphatic heterocycles. The van der Waals surface area contributed by atoms with E-state index in [2.05, 4.69) is 19.9 Å². The zero-order valence-corrected chi connectivity index (χ0v) is 15.9. The number of ether oxygens (including phenoxy) is 4. The molecule has 0 unspecified atom stereocenters. The van der Waals surface area contributed by atoms with Gasteiger partial charge in [-0.2, -0.15) is 0 Å². The number of rotatable bonds is 10. The minimum absolute atomic E-state index is 0.271. The SMILES string of the molecule is COCCOc1cc(C(C)C)cc(-c2ccc(F)cc2)c1OCCOC. The molecule has 2 aromatic carbocycles. The Balaban J connectivity index is 2.50. The fraction of sp³-hybridized carbons (Fsp3) is 0.429. The zero-order valence-electron chi connectivity index (χ0n) is 15.9. The largest absolute Gasteiger partial charge is 0.487 e. The summed E-state index contributed by atoms with van der Waals surface area (Å²) >= 11 is 0. The normalized spacial score (nSPS) is 11.0. The molecule has 0 fully saturated rings. The zero-order chi connectivity index (χ0) is 18.9. The van der Waals surface area contributed by atoms with Crippen LogP contribution in [0.5, 0.6) is 11.5 Å². The second-order valence-electron chi connectivity index (χ2n) is 6.24. The highest BCUT2D eigenvalue weighted by molar-refractivity contribution is 5.75. The maximum absolute atomic E-state index is 13.4. The van der Waals surface area contributed by atoms with Crippen LogP contribution in [0.3, 0.4) is 0 Å². The third-order valence-electron chi connectivity index (χ3n) is 3.98. The van der Waals surface area contributed by atoms with Crippen molar-refractivity contribution in [1.82, 2.24) is 0 Å². The Hall–Kier alpha value is -2.11. The van der Waals surface area contributed by atoms with Gasteiger partial charge in [0, 0.05) is 19.8 Å². The van der Waals surface area contributed by atoms with Crippen LogP contribution >= 0.6 is 0 Å². The molecule has 5 heteroatoms. The van der Waals surface area contributed by atoms with Crippen LogP contribution < -0.4 is 9.47 Å². The van der Waals surface area contributed by atoms with Gasteiger partial charge >= 0.3 is 0 Å². The van der Waals surface area contributed by atoms with Gasteiger partial charge in [-0.15, -0.1) is 0 Å². The maximum Gasteiger partial charge on any atom is 0.169 e. The summed E-state index contributed by atoms with van der Waals surface area (Å²) in [6.07, 6.45) is 0. The molecule has 0 aliphatic rings. The first-order valence-corrected chi connectivity index (χ1v) is 8.74. The second-order valence-corrected chi connectivity index (χ2v) is 6.24. The molecule has 2 rings (SSSR count). The molecule has 0 heterocycles. The predicted molar refractivity (Wildman–Crippen MR) is 101 cm³/mol. The van der Waals surface area contributed by atoms with Gasteiger partial charge in [0.2, 0.25) is 0 Å². The van der Waals surface area contributed by atoms with Crippen molar-refractivity contribution in [2.75, 3.05) is 40.6 Å². The number of hydrogen-bond acceptors (Lipinski definition) is 4. The number of methoxy groups -OCH3 is 2. The van der Waals surface area contributed by atoms with Crippen LogP contribution in [-0.2, 0) is 9.47 Å². The van der Waals surface area contributed by atoms with Gasteiger partial charge in [0.25, 0.3) is 0 Å². The third-order valence-corrected chi connectivity index (χ3v) is 3.98. The molecule has 0 aromatic heterocycles. The lowest BCUT2D eigenvalue weighted by Crippen LogP contribution is -2.10. The summed E-state index contributed by atoms with van der Waals surface area (Å²) < 4.78 is 35.4. The van der Waals surface area contributed by atoms with Gasteiger partial charge in [-0.3, -0.25) is 0 Å². The van der Waals surface area contributed by atoms with Crippen molar-refractivity contribution in [2.24, 2.45) is 0 Å². The molecule has 4 nitrogen and oxygen atoms in total. The summed E-state index contributed by atoms with van der Waals surface area (Å²) in [5.41, 5.74) is 2.87. The minimum atomic E-state index is -0.271. The van der Waals surface area contributed by atoms with E-state index in [1.165, 1.54) is 12.1 Å². The van der Waals surface area contributed by atoms with E-state index in [0.29, 0.717) is 43.8 Å². The van der Waals surface area contributed by atoms with Gasteiger partial charge in [0.05, 0.1) is 13.2 Å². The van der Waals surface area contributed by atoms with Gasteiger partial charge in [-0.05, 0) is 41.3 Å². The summed E-state index contributed by atoms with van der Waals surface area (Å²) in [7, 11) is 3.26. The summed E-state index contributed by atoms with van der Waals surface area (Å²) in [6.45, 7) is 6.00. The number of hydrogen-bond donors (Lipinski definition) is 0. The quantitative estimate of drug-likeness (QED) is 0.576. The Morgan fingerprint density at radius 3 is 2.04 bits per heavy atom. The van der Waals surface area contributed by atoms with Gasteiger partial charge in [0.1, 0.15) is 19.0 Å². The smallest absolute Gasteiger partial charge is 0.169 e. The molecule has 0 atom stereocenters. The Morgan fingerprint density at radius 2 is 1.46 bits per heavy atom. The average molecular weight is 362 g/mol. The fourth-order valence-corrected chi connectivity index (χ4v) is 2.52. The molecule has 0 N–H and O–H groups in total. The van der Waals surface area contributed by atoms with E-state index in [1.807, 2.05) is 6.07 Å². The van der Waals surface area contributed by atoms with Crippen molar-refractivity contribution in [3.63, 3.8) is 0 Å². The van der Waals surface area contributed by atoms with Gasteiger partial charge in [-0.25, -0.2) is 4.39 Å². The van der Waals surface area contributed by atoms with Crippen LogP contribution in [0.4, 0.5) is 4.39 Å². The predicted octanol–water partition coefficient (Wildman–Crippen LogP) is 4.67. The Morgan fingerprint density at radius 1 is 0.846 bits per heavy atom. The lowest BCUT2D eigenvalue weighted by Gasteiger charge is -2.19. The van der Waals surface area contributed by atoms with Crippen LogP contribution in [0.1, 0.15) is 25.3 Å². The lowest BCUT2D eigenvalue weighted by atomic mass is 9.96. The van der Waals surface area contributed by atoms with E-state index in [0.717, 1.165) is 16.7 Å². The van der Waals surface area contributed by atoms with Gasteiger partial charge in [0.15, 0.2) is 11.5 Å². The van der Waals surface area contributed by atoms with E-state index >= 15 is 0 Å². The molecule has 142 valence electrons. The molecule has 0 saturated heterocycles. The topological polar surface area (TPSA) is 36.9 Å². The minimum Gasteiger partial charge on any atom is -0.487 e. The van der Waals surface area contributed by atoms with Crippen molar-refractivity contribution >= 4 is 0 Å². The van der Waals surface area contributed by atoms with E-state index in [1.54, 1.807) is 26.4 Å². The van der Waals surface area contributed by atoms with Crippen molar-refractivity contribution in [3.8, 4) is 22.6 Å². The fourth-order valence-electron chi connectivity index (χ4n) is 2.52. The summed E-state index contributed by atoms with van der Waals surface area (Å²) in [4.78, 5) is 0. The maximum atomic E-state index is 13.4. The lowest BCUT2D eigenvalue weighted by molar-refractivity contribution is 0.132. The van der Waals surface area contributed by atoms with E-state index in [9.17, 15) is 4.39 Å². The highest BCUT2D eigenvalue weighted by Gasteiger charge is 2.17. The molecule has 0 amide bonds. The first-order chi connectivity index (χ1) is 12.6. The molecule has 0 radical (unpaired) electrons. The first kappa shape index (κ1) is 20.2. The Labute approximate surface area is 154 Å². The van der Waals surface area contributed by atoms with Crippen molar-refractivity contribution in [2.45, 2.75) is 19.8 Å². The van der Waals surface area contributed by atoms with E-state index in [4.69, 9.17) is 18.9 Å². The molecule has 0 spiro atoms.